The summed E-state index contributed by atoms with van der Waals surface area (Å²) in [6, 6.07) is 0.422. The van der Waals surface area contributed by atoms with E-state index in [4.69, 9.17) is 4.74 Å². The van der Waals surface area contributed by atoms with E-state index >= 15 is 0 Å². The van der Waals surface area contributed by atoms with Gasteiger partial charge in [-0.3, -0.25) is 0 Å². The zero-order valence-corrected chi connectivity index (χ0v) is 11.6. The standard InChI is InChI=1S/C14H23N3O/c1-9(2)17-14-7-5-11-10(12(11)8-18-3)4-6-13(14)15-16-17/h9-12H,4-8H2,1-3H3. The van der Waals surface area contributed by atoms with Gasteiger partial charge in [-0.15, -0.1) is 5.10 Å². The summed E-state index contributed by atoms with van der Waals surface area (Å²) in [5.74, 6) is 2.57. The lowest BCUT2D eigenvalue weighted by atomic mass is 10.0. The summed E-state index contributed by atoms with van der Waals surface area (Å²) in [6.07, 6.45) is 4.79. The van der Waals surface area contributed by atoms with Gasteiger partial charge in [0.2, 0.25) is 0 Å². The van der Waals surface area contributed by atoms with Gasteiger partial charge in [0.15, 0.2) is 0 Å². The third-order valence-corrected chi connectivity index (χ3v) is 4.66. The van der Waals surface area contributed by atoms with Crippen molar-refractivity contribution < 1.29 is 4.74 Å². The number of nitrogens with zero attached hydrogens (tertiary/aromatic N) is 3. The lowest BCUT2D eigenvalue weighted by molar-refractivity contribution is 0.176. The molecule has 18 heavy (non-hydrogen) atoms. The molecule has 3 unspecified atom stereocenters. The minimum absolute atomic E-state index is 0.422. The van der Waals surface area contributed by atoms with Crippen LogP contribution in [0, 0.1) is 17.8 Å². The van der Waals surface area contributed by atoms with E-state index < -0.39 is 0 Å². The molecule has 1 aromatic rings. The quantitative estimate of drug-likeness (QED) is 0.825. The molecule has 2 aliphatic rings. The molecule has 0 spiro atoms. The molecule has 1 aromatic heterocycles. The Morgan fingerprint density at radius 2 is 2.00 bits per heavy atom. The Morgan fingerprint density at radius 1 is 1.28 bits per heavy atom. The van der Waals surface area contributed by atoms with Crippen LogP contribution in [0.3, 0.4) is 0 Å². The Kier molecular flexibility index (Phi) is 3.14. The molecule has 1 heterocycles. The van der Waals surface area contributed by atoms with Gasteiger partial charge >= 0.3 is 0 Å². The van der Waals surface area contributed by atoms with E-state index in [1.54, 1.807) is 0 Å². The summed E-state index contributed by atoms with van der Waals surface area (Å²) in [6.45, 7) is 5.30. The summed E-state index contributed by atoms with van der Waals surface area (Å²) in [4.78, 5) is 0. The molecule has 0 amide bonds. The molecule has 1 fully saturated rings. The molecular formula is C14H23N3O. The highest BCUT2D eigenvalue weighted by molar-refractivity contribution is 5.15. The summed E-state index contributed by atoms with van der Waals surface area (Å²) in [5, 5.41) is 8.70. The zero-order chi connectivity index (χ0) is 12.7. The van der Waals surface area contributed by atoms with Crippen molar-refractivity contribution in [2.24, 2.45) is 17.8 Å². The normalized spacial score (nSPS) is 30.6. The number of hydrogen-bond acceptors (Lipinski definition) is 3. The first kappa shape index (κ1) is 12.2. The van der Waals surface area contributed by atoms with Gasteiger partial charge in [-0.05, 0) is 57.3 Å². The second-order valence-corrected chi connectivity index (χ2v) is 6.05. The SMILES string of the molecule is COCC1C2CCc3nnn(C(C)C)c3CCC21. The third kappa shape index (κ3) is 1.96. The highest BCUT2D eigenvalue weighted by Gasteiger charge is 2.49. The Labute approximate surface area is 109 Å². The van der Waals surface area contributed by atoms with Crippen LogP contribution in [-0.4, -0.2) is 28.7 Å². The molecule has 0 N–H and O–H groups in total. The Balaban J connectivity index is 1.75. The lowest BCUT2D eigenvalue weighted by Gasteiger charge is -2.12. The van der Waals surface area contributed by atoms with Crippen LogP contribution in [0.2, 0.25) is 0 Å². The Bertz CT molecular complexity index is 427. The molecule has 0 aliphatic heterocycles. The molecule has 0 radical (unpaired) electrons. The topological polar surface area (TPSA) is 39.9 Å². The molecular weight excluding hydrogens is 226 g/mol. The second kappa shape index (κ2) is 4.65. The zero-order valence-electron chi connectivity index (χ0n) is 11.6. The third-order valence-electron chi connectivity index (χ3n) is 4.66. The Hall–Kier alpha value is -0.900. The van der Waals surface area contributed by atoms with Crippen LogP contribution in [-0.2, 0) is 17.6 Å². The van der Waals surface area contributed by atoms with Crippen molar-refractivity contribution >= 4 is 0 Å². The van der Waals surface area contributed by atoms with Crippen molar-refractivity contribution in [2.45, 2.75) is 45.6 Å². The first-order valence-electron chi connectivity index (χ1n) is 7.14. The molecule has 0 aromatic carbocycles. The number of ether oxygens (including phenoxy) is 1. The highest BCUT2D eigenvalue weighted by Crippen LogP contribution is 2.52. The minimum Gasteiger partial charge on any atom is -0.384 e. The number of aromatic nitrogens is 3. The molecule has 2 aliphatic carbocycles. The summed E-state index contributed by atoms with van der Waals surface area (Å²) in [7, 11) is 1.82. The van der Waals surface area contributed by atoms with Gasteiger partial charge in [0, 0.05) is 19.8 Å². The number of methoxy groups -OCH3 is 1. The van der Waals surface area contributed by atoms with Crippen molar-refractivity contribution in [2.75, 3.05) is 13.7 Å². The molecule has 4 heteroatoms. The van der Waals surface area contributed by atoms with E-state index in [1.165, 1.54) is 24.2 Å². The maximum atomic E-state index is 5.33. The van der Waals surface area contributed by atoms with E-state index in [2.05, 4.69) is 28.8 Å². The van der Waals surface area contributed by atoms with Crippen molar-refractivity contribution in [1.29, 1.82) is 0 Å². The maximum absolute atomic E-state index is 5.33. The fraction of sp³-hybridized carbons (Fsp3) is 0.857. The van der Waals surface area contributed by atoms with E-state index in [-0.39, 0.29) is 0 Å². The average Bonchev–Trinajstić information content (AvgIpc) is 2.79. The van der Waals surface area contributed by atoms with Gasteiger partial charge in [-0.25, -0.2) is 4.68 Å². The van der Waals surface area contributed by atoms with Gasteiger partial charge in [-0.2, -0.15) is 0 Å². The van der Waals surface area contributed by atoms with Crippen molar-refractivity contribution in [3.05, 3.63) is 11.4 Å². The van der Waals surface area contributed by atoms with Crippen LogP contribution in [0.4, 0.5) is 0 Å². The molecule has 3 atom stereocenters. The van der Waals surface area contributed by atoms with Crippen molar-refractivity contribution in [3.63, 3.8) is 0 Å². The largest absolute Gasteiger partial charge is 0.384 e. The van der Waals surface area contributed by atoms with Gasteiger partial charge in [0.05, 0.1) is 11.4 Å². The van der Waals surface area contributed by atoms with Gasteiger partial charge < -0.3 is 4.74 Å². The van der Waals surface area contributed by atoms with Crippen molar-refractivity contribution in [1.82, 2.24) is 15.0 Å². The number of rotatable bonds is 3. The van der Waals surface area contributed by atoms with E-state index in [1.807, 2.05) is 7.11 Å². The van der Waals surface area contributed by atoms with Gasteiger partial charge in [0.25, 0.3) is 0 Å². The monoisotopic (exact) mass is 249 g/mol. The fourth-order valence-electron chi connectivity index (χ4n) is 3.64. The van der Waals surface area contributed by atoms with Gasteiger partial charge in [0.1, 0.15) is 0 Å². The lowest BCUT2D eigenvalue weighted by Crippen LogP contribution is -2.10. The van der Waals surface area contributed by atoms with Crippen LogP contribution >= 0.6 is 0 Å². The van der Waals surface area contributed by atoms with Crippen LogP contribution in [0.25, 0.3) is 0 Å². The fourth-order valence-corrected chi connectivity index (χ4v) is 3.64. The van der Waals surface area contributed by atoms with Crippen LogP contribution < -0.4 is 0 Å². The number of fused-ring (bicyclic) bond motifs is 2. The first-order valence-corrected chi connectivity index (χ1v) is 7.14. The molecule has 0 bridgehead atoms. The molecule has 100 valence electrons. The highest BCUT2D eigenvalue weighted by atomic mass is 16.5. The Morgan fingerprint density at radius 3 is 2.67 bits per heavy atom. The summed E-state index contributed by atoms with van der Waals surface area (Å²) in [5.41, 5.74) is 2.62. The van der Waals surface area contributed by atoms with E-state index in [0.29, 0.717) is 6.04 Å². The molecule has 1 saturated carbocycles. The number of hydrogen-bond donors (Lipinski definition) is 0. The minimum atomic E-state index is 0.422. The van der Waals surface area contributed by atoms with Crippen LogP contribution in [0.1, 0.15) is 44.1 Å². The summed E-state index contributed by atoms with van der Waals surface area (Å²) < 4.78 is 7.44. The predicted octanol–water partition coefficient (Wildman–Crippen LogP) is 2.25. The van der Waals surface area contributed by atoms with Crippen LogP contribution in [0.5, 0.6) is 0 Å². The number of aryl methyl sites for hydroxylation is 1. The average molecular weight is 249 g/mol. The second-order valence-electron chi connectivity index (χ2n) is 6.05. The molecule has 4 nitrogen and oxygen atoms in total. The smallest absolute Gasteiger partial charge is 0.0859 e. The van der Waals surface area contributed by atoms with Gasteiger partial charge in [-0.1, -0.05) is 5.21 Å². The molecule has 0 saturated heterocycles. The van der Waals surface area contributed by atoms with Crippen LogP contribution in [0.15, 0.2) is 0 Å². The first-order chi connectivity index (χ1) is 8.72. The predicted molar refractivity (Wildman–Crippen MR) is 69.4 cm³/mol. The molecule has 3 rings (SSSR count). The van der Waals surface area contributed by atoms with Crippen molar-refractivity contribution in [3.8, 4) is 0 Å². The summed E-state index contributed by atoms with van der Waals surface area (Å²) >= 11 is 0. The van der Waals surface area contributed by atoms with E-state index in [9.17, 15) is 0 Å². The van der Waals surface area contributed by atoms with E-state index in [0.717, 1.165) is 37.2 Å². The maximum Gasteiger partial charge on any atom is 0.0859 e.